The summed E-state index contributed by atoms with van der Waals surface area (Å²) in [4.78, 5) is 18.2. The molecule has 1 amide bonds. The number of hydrogen-bond donors (Lipinski definition) is 5. The van der Waals surface area contributed by atoms with Crippen molar-refractivity contribution in [2.75, 3.05) is 6.79 Å². The lowest BCUT2D eigenvalue weighted by Crippen LogP contribution is -2.67. The Hall–Kier alpha value is -3.30. The number of oxime groups is 1. The first kappa shape index (κ1) is 32.1. The van der Waals surface area contributed by atoms with Crippen LogP contribution in [-0.2, 0) is 30.4 Å². The zero-order valence-corrected chi connectivity index (χ0v) is 24.7. The Morgan fingerprint density at radius 2 is 1.84 bits per heavy atom. The predicted molar refractivity (Wildman–Crippen MR) is 154 cm³/mol. The van der Waals surface area contributed by atoms with Gasteiger partial charge in [-0.15, -0.1) is 0 Å². The molecule has 8 atom stereocenters. The molecule has 12 nitrogen and oxygen atoms in total. The number of ether oxygens (including phenoxy) is 4. The van der Waals surface area contributed by atoms with Crippen molar-refractivity contribution < 1.29 is 53.4 Å². The van der Waals surface area contributed by atoms with Crippen LogP contribution in [0.5, 0.6) is 11.5 Å². The molecule has 0 spiro atoms. The fourth-order valence-corrected chi connectivity index (χ4v) is 5.49. The van der Waals surface area contributed by atoms with E-state index >= 15 is 0 Å². The average Bonchev–Trinajstić information content (AvgIpc) is 3.68. The molecule has 0 unspecified atom stereocenters. The number of fused-ring (bicyclic) bond motifs is 1. The van der Waals surface area contributed by atoms with Gasteiger partial charge in [0.05, 0.1) is 11.8 Å². The maximum absolute atomic E-state index is 13.4. The van der Waals surface area contributed by atoms with Gasteiger partial charge in [-0.3, -0.25) is 4.79 Å². The van der Waals surface area contributed by atoms with Gasteiger partial charge in [-0.2, -0.15) is 0 Å². The second-order valence-electron chi connectivity index (χ2n) is 10.9. The molecule has 3 aliphatic rings. The number of nitrogens with zero attached hydrogens (tertiary/aromatic N) is 1. The fourth-order valence-electron chi connectivity index (χ4n) is 5.32. The first-order valence-corrected chi connectivity index (χ1v) is 14.4. The van der Waals surface area contributed by atoms with Gasteiger partial charge in [0.15, 0.2) is 11.5 Å². The van der Waals surface area contributed by atoms with Gasteiger partial charge in [0.25, 0.3) is 0 Å². The molecule has 5 N–H and O–H groups in total. The van der Waals surface area contributed by atoms with E-state index in [9.17, 15) is 29.6 Å². The zero-order chi connectivity index (χ0) is 31.5. The maximum Gasteiger partial charge on any atom is 0.247 e. The van der Waals surface area contributed by atoms with Gasteiger partial charge in [-0.05, 0) is 62.2 Å². The van der Waals surface area contributed by atoms with Crippen LogP contribution >= 0.6 is 11.6 Å². The van der Waals surface area contributed by atoms with Gasteiger partial charge >= 0.3 is 0 Å². The number of aliphatic hydroxyl groups excluding tert-OH is 3. The summed E-state index contributed by atoms with van der Waals surface area (Å²) < 4.78 is 35.7. The lowest BCUT2D eigenvalue weighted by atomic mass is 9.83. The summed E-state index contributed by atoms with van der Waals surface area (Å²) in [6.45, 7) is 3.13. The molecule has 5 rings (SSSR count). The zero-order valence-electron chi connectivity index (χ0n) is 23.9. The quantitative estimate of drug-likeness (QED) is 0.157. The van der Waals surface area contributed by atoms with Gasteiger partial charge in [0, 0.05) is 22.6 Å². The molecule has 2 aromatic carbocycles. The maximum atomic E-state index is 13.4. The monoisotopic (exact) mass is 636 g/mol. The number of rotatable bonds is 9. The first-order valence-electron chi connectivity index (χ1n) is 14.0. The van der Waals surface area contributed by atoms with Crippen LogP contribution in [0, 0.1) is 5.82 Å². The number of phenolic OH excluding ortho intramolecular Hbond substituents is 1. The predicted octanol–water partition coefficient (Wildman–Crippen LogP) is 2.39. The topological polar surface area (TPSA) is 169 Å². The molecule has 0 bridgehead atoms. The number of hydrogen-bond acceptors (Lipinski definition) is 11. The Morgan fingerprint density at radius 3 is 2.59 bits per heavy atom. The molecule has 14 heteroatoms. The van der Waals surface area contributed by atoms with Crippen molar-refractivity contribution in [2.45, 2.75) is 82.3 Å². The van der Waals surface area contributed by atoms with Crippen molar-refractivity contribution in [3.05, 3.63) is 63.9 Å². The second-order valence-corrected chi connectivity index (χ2v) is 11.3. The molecule has 2 aromatic rings. The number of benzene rings is 2. The van der Waals surface area contributed by atoms with E-state index in [1.807, 2.05) is 0 Å². The summed E-state index contributed by atoms with van der Waals surface area (Å²) in [6, 6.07) is 7.40. The van der Waals surface area contributed by atoms with Gasteiger partial charge < -0.3 is 49.5 Å². The third-order valence-corrected chi connectivity index (χ3v) is 8.14. The third-order valence-electron chi connectivity index (χ3n) is 7.77. The van der Waals surface area contributed by atoms with Crippen LogP contribution in [-0.4, -0.2) is 87.8 Å². The van der Waals surface area contributed by atoms with E-state index < -0.39 is 54.6 Å². The van der Waals surface area contributed by atoms with E-state index in [0.29, 0.717) is 34.7 Å². The molecule has 0 aromatic heterocycles. The lowest BCUT2D eigenvalue weighted by molar-refractivity contribution is -0.155. The SMILES string of the molecule is CC(=Cc1ccc(O[C@H]2CC[C@@H](C(C)=NOCc3cc(F)ccc3Cl)O2)c(O)c1)C(=O)N[C@@H]1[C@H](O)[C@@H](O)[C@H]2OCO[C@H]2[C@@H]1O. The summed E-state index contributed by atoms with van der Waals surface area (Å²) in [5, 5.41) is 48.9. The number of carbonyl (C=O) groups excluding carboxylic acids is 1. The highest BCUT2D eigenvalue weighted by atomic mass is 35.5. The molecule has 1 aliphatic carbocycles. The highest BCUT2D eigenvalue weighted by Crippen LogP contribution is 2.33. The number of nitrogens with one attached hydrogen (secondary N) is 1. The average molecular weight is 637 g/mol. The number of aromatic hydroxyl groups is 1. The molecule has 1 saturated carbocycles. The van der Waals surface area contributed by atoms with E-state index in [1.165, 1.54) is 37.3 Å². The van der Waals surface area contributed by atoms with Crippen LogP contribution in [0.1, 0.15) is 37.8 Å². The number of aliphatic hydroxyl groups is 3. The van der Waals surface area contributed by atoms with Crippen molar-refractivity contribution in [3.8, 4) is 11.5 Å². The highest BCUT2D eigenvalue weighted by Gasteiger charge is 2.53. The largest absolute Gasteiger partial charge is 0.504 e. The van der Waals surface area contributed by atoms with E-state index in [2.05, 4.69) is 10.5 Å². The Kier molecular flexibility index (Phi) is 10.1. The molecule has 2 saturated heterocycles. The van der Waals surface area contributed by atoms with Crippen molar-refractivity contribution in [1.29, 1.82) is 0 Å². The Bertz CT molecular complexity index is 1420. The minimum atomic E-state index is -1.47. The van der Waals surface area contributed by atoms with Crippen LogP contribution in [0.15, 0.2) is 47.1 Å². The van der Waals surface area contributed by atoms with Crippen LogP contribution in [0.4, 0.5) is 4.39 Å². The van der Waals surface area contributed by atoms with E-state index in [0.717, 1.165) is 0 Å². The van der Waals surface area contributed by atoms with Gasteiger partial charge in [-0.25, -0.2) is 4.39 Å². The third kappa shape index (κ3) is 7.15. The Balaban J connectivity index is 1.13. The lowest BCUT2D eigenvalue weighted by Gasteiger charge is -2.41. The van der Waals surface area contributed by atoms with Crippen LogP contribution < -0.4 is 10.1 Å². The molecule has 238 valence electrons. The number of carbonyl (C=O) groups is 1. The molecular weight excluding hydrogens is 603 g/mol. The minimum absolute atomic E-state index is 0.00469. The Morgan fingerprint density at radius 1 is 1.09 bits per heavy atom. The number of phenols is 1. The summed E-state index contributed by atoms with van der Waals surface area (Å²) >= 11 is 6.05. The molecule has 44 heavy (non-hydrogen) atoms. The van der Waals surface area contributed by atoms with Crippen LogP contribution in [0.25, 0.3) is 6.08 Å². The van der Waals surface area contributed by atoms with Crippen molar-refractivity contribution in [1.82, 2.24) is 5.32 Å². The molecule has 2 aliphatic heterocycles. The van der Waals surface area contributed by atoms with Gasteiger partial charge in [0.1, 0.15) is 55.8 Å². The summed E-state index contributed by atoms with van der Waals surface area (Å²) in [5.74, 6) is -1.02. The smallest absolute Gasteiger partial charge is 0.247 e. The van der Waals surface area contributed by atoms with E-state index in [-0.39, 0.29) is 36.6 Å². The number of amides is 1. The van der Waals surface area contributed by atoms with Crippen molar-refractivity contribution >= 4 is 29.3 Å². The number of halogens is 2. The minimum Gasteiger partial charge on any atom is -0.504 e. The fraction of sp³-hybridized carbons (Fsp3) is 0.467. The molecule has 2 heterocycles. The summed E-state index contributed by atoms with van der Waals surface area (Å²) in [7, 11) is 0. The Labute approximate surface area is 257 Å². The first-order chi connectivity index (χ1) is 21.0. The molecule has 3 fully saturated rings. The summed E-state index contributed by atoms with van der Waals surface area (Å²) in [5.41, 5.74) is 1.74. The van der Waals surface area contributed by atoms with Crippen molar-refractivity contribution in [2.24, 2.45) is 5.16 Å². The normalized spacial score (nSPS) is 30.6. The van der Waals surface area contributed by atoms with Gasteiger partial charge in [-0.1, -0.05) is 22.8 Å². The highest BCUT2D eigenvalue weighted by molar-refractivity contribution is 6.31. The van der Waals surface area contributed by atoms with E-state index in [1.54, 1.807) is 19.1 Å². The van der Waals surface area contributed by atoms with Crippen molar-refractivity contribution in [3.63, 3.8) is 0 Å². The van der Waals surface area contributed by atoms with Gasteiger partial charge in [0.2, 0.25) is 12.2 Å². The van der Waals surface area contributed by atoms with E-state index in [4.69, 9.17) is 35.4 Å². The standard InChI is InChI=1S/C30H34ClFN2O10/c1-14(30(39)33-24-25(36)27(38)29-28(26(24)37)40-13-41-29)9-16-3-6-22(20(35)10-16)44-23-8-7-21(43-23)15(2)34-42-12-17-11-18(32)4-5-19(17)31/h3-6,9-11,21,23-29,35-38H,7-8,12-13H2,1-2H3,(H,33,39)/t21-,23-,24+,25-,26+,27+,28-,29+/m0/s1. The second kappa shape index (κ2) is 13.8. The van der Waals surface area contributed by atoms with Crippen LogP contribution in [0.2, 0.25) is 5.02 Å². The molecule has 0 radical (unpaired) electrons. The molecular formula is C30H34ClFN2O10. The summed E-state index contributed by atoms with van der Waals surface area (Å²) in [6.07, 6.45) is -4.28. The van der Waals surface area contributed by atoms with Crippen LogP contribution in [0.3, 0.4) is 0 Å².